The molecule has 2 N–H and O–H groups in total. The van der Waals surface area contributed by atoms with Crippen LogP contribution in [-0.4, -0.2) is 101 Å². The molecular formula is C10H22CaN2O7S2. The summed E-state index contributed by atoms with van der Waals surface area (Å²) in [5.41, 5.74) is 0. The van der Waals surface area contributed by atoms with Gasteiger partial charge in [0.1, 0.15) is 0 Å². The van der Waals surface area contributed by atoms with Crippen molar-refractivity contribution < 1.29 is 39.0 Å². The average Bonchev–Trinajstić information content (AvgIpc) is 2.39. The topological polar surface area (TPSA) is 156 Å². The fourth-order valence-electron chi connectivity index (χ4n) is 0.913. The molecule has 0 unspecified atom stereocenters. The SMILES string of the molecule is [2H]C([2H])([2H])C(=O)NCCCS(=O)(=O)[O-].[2H]C([2H])([2H])CNCCCS(=O)(=O)[O-].[Ca+2]. The predicted octanol–water partition coefficient (Wildman–Crippen LogP) is -1.79. The number of hydrogen-bond acceptors (Lipinski definition) is 8. The van der Waals surface area contributed by atoms with Crippen LogP contribution in [-0.2, 0) is 25.0 Å². The molecule has 0 rings (SSSR count). The molecule has 0 saturated carbocycles. The Bertz CT molecular complexity index is 652. The van der Waals surface area contributed by atoms with Gasteiger partial charge in [-0.2, -0.15) is 0 Å². The number of carbonyl (C=O) groups is 1. The van der Waals surface area contributed by atoms with E-state index in [-0.39, 0.29) is 70.2 Å². The Kier molecular flexibility index (Phi) is 11.0. The van der Waals surface area contributed by atoms with Gasteiger partial charge in [0.15, 0.2) is 0 Å². The number of nitrogens with one attached hydrogen (secondary N) is 2. The summed E-state index contributed by atoms with van der Waals surface area (Å²) >= 11 is 0. The van der Waals surface area contributed by atoms with Crippen molar-refractivity contribution in [1.29, 1.82) is 0 Å². The number of rotatable bonds is 9. The van der Waals surface area contributed by atoms with Crippen LogP contribution < -0.4 is 10.6 Å². The van der Waals surface area contributed by atoms with E-state index in [2.05, 4.69) is 5.32 Å². The van der Waals surface area contributed by atoms with E-state index in [4.69, 9.17) is 8.22 Å². The molecular weight excluding hydrogens is 364 g/mol. The molecule has 0 radical (unpaired) electrons. The van der Waals surface area contributed by atoms with Gasteiger partial charge in [0, 0.05) is 33.1 Å². The molecule has 0 aromatic rings. The number of hydrogen-bond donors (Lipinski definition) is 2. The van der Waals surface area contributed by atoms with Gasteiger partial charge in [0.2, 0.25) is 5.91 Å². The summed E-state index contributed by atoms with van der Waals surface area (Å²) in [7, 11) is -8.47. The minimum atomic E-state index is -4.30. The molecule has 1 amide bonds. The first-order valence-electron chi connectivity index (χ1n) is 8.70. The van der Waals surface area contributed by atoms with Crippen LogP contribution >= 0.6 is 0 Å². The molecule has 128 valence electrons. The molecule has 9 nitrogen and oxygen atoms in total. The fraction of sp³-hybridized carbons (Fsp3) is 0.900. The van der Waals surface area contributed by atoms with E-state index in [0.29, 0.717) is 0 Å². The second-order valence-corrected chi connectivity index (χ2v) is 6.71. The van der Waals surface area contributed by atoms with E-state index in [9.17, 15) is 30.7 Å². The molecule has 0 aromatic carbocycles. The maximum atomic E-state index is 10.7. The zero-order valence-corrected chi connectivity index (χ0v) is 15.7. The minimum absolute atomic E-state index is 0. The van der Waals surface area contributed by atoms with Crippen LogP contribution in [0.3, 0.4) is 0 Å². The summed E-state index contributed by atoms with van der Waals surface area (Å²) in [6.45, 7) is -4.89. The first-order valence-corrected chi connectivity index (χ1v) is 8.85. The van der Waals surface area contributed by atoms with Crippen LogP contribution in [0.5, 0.6) is 0 Å². The Labute approximate surface area is 170 Å². The van der Waals surface area contributed by atoms with E-state index < -0.39 is 51.4 Å². The molecule has 22 heavy (non-hydrogen) atoms. The Hall–Kier alpha value is 0.510. The Morgan fingerprint density at radius 3 is 1.95 bits per heavy atom. The molecule has 0 spiro atoms. The molecule has 0 heterocycles. The van der Waals surface area contributed by atoms with Crippen molar-refractivity contribution in [2.24, 2.45) is 0 Å². The molecule has 0 fully saturated rings. The average molecular weight is 393 g/mol. The van der Waals surface area contributed by atoms with Crippen molar-refractivity contribution in [3.8, 4) is 0 Å². The van der Waals surface area contributed by atoms with Crippen LogP contribution in [0.2, 0.25) is 0 Å². The number of carbonyl (C=O) groups excluding carboxylic acids is 1. The smallest absolute Gasteiger partial charge is 0.748 e. The van der Waals surface area contributed by atoms with Crippen molar-refractivity contribution in [3.05, 3.63) is 0 Å². The van der Waals surface area contributed by atoms with E-state index >= 15 is 0 Å². The van der Waals surface area contributed by atoms with Gasteiger partial charge in [-0.1, -0.05) is 6.85 Å². The van der Waals surface area contributed by atoms with Gasteiger partial charge < -0.3 is 19.7 Å². The third kappa shape index (κ3) is 32.5. The van der Waals surface area contributed by atoms with Crippen molar-refractivity contribution in [1.82, 2.24) is 10.6 Å². The van der Waals surface area contributed by atoms with Crippen molar-refractivity contribution >= 4 is 63.9 Å². The second kappa shape index (κ2) is 15.1. The third-order valence-corrected chi connectivity index (χ3v) is 3.31. The maximum absolute atomic E-state index is 10.7. The summed E-state index contributed by atoms with van der Waals surface area (Å²) in [5, 5.41) is 4.52. The Morgan fingerprint density at radius 1 is 1.05 bits per heavy atom. The van der Waals surface area contributed by atoms with Crippen molar-refractivity contribution in [2.45, 2.75) is 26.5 Å². The second-order valence-electron chi connectivity index (χ2n) is 3.66. The van der Waals surface area contributed by atoms with Gasteiger partial charge in [0.05, 0.1) is 20.2 Å². The summed E-state index contributed by atoms with van der Waals surface area (Å²) in [4.78, 5) is 10.7. The van der Waals surface area contributed by atoms with Gasteiger partial charge in [-0.15, -0.1) is 0 Å². The first kappa shape index (κ1) is 16.0. The normalized spacial score (nSPS) is 16.1. The number of amides is 1. The largest absolute Gasteiger partial charge is 2.00 e. The molecule has 0 bridgehead atoms. The zero-order chi connectivity index (χ0) is 21.9. The van der Waals surface area contributed by atoms with Gasteiger partial charge in [-0.3, -0.25) is 4.79 Å². The summed E-state index contributed by atoms with van der Waals surface area (Å²) in [6.07, 6.45) is 0.0512. The van der Waals surface area contributed by atoms with Crippen LogP contribution in [0.25, 0.3) is 0 Å². The maximum Gasteiger partial charge on any atom is 2.00 e. The van der Waals surface area contributed by atoms with Gasteiger partial charge in [0.25, 0.3) is 0 Å². The van der Waals surface area contributed by atoms with E-state index in [0.717, 1.165) is 0 Å². The van der Waals surface area contributed by atoms with Crippen molar-refractivity contribution in [2.75, 3.05) is 31.1 Å². The monoisotopic (exact) mass is 392 g/mol. The Morgan fingerprint density at radius 2 is 1.55 bits per heavy atom. The molecule has 0 aliphatic rings. The third-order valence-electron chi connectivity index (χ3n) is 1.73. The summed E-state index contributed by atoms with van der Waals surface area (Å²) in [6, 6.07) is 0. The van der Waals surface area contributed by atoms with Gasteiger partial charge in [-0.05, 0) is 25.9 Å². The van der Waals surface area contributed by atoms with Crippen LogP contribution in [0.4, 0.5) is 0 Å². The molecule has 12 heteroatoms. The minimum Gasteiger partial charge on any atom is -0.748 e. The van der Waals surface area contributed by atoms with Crippen LogP contribution in [0.1, 0.15) is 34.8 Å². The first-order chi connectivity index (χ1) is 11.8. The van der Waals surface area contributed by atoms with Crippen molar-refractivity contribution in [3.63, 3.8) is 0 Å². The van der Waals surface area contributed by atoms with Gasteiger partial charge >= 0.3 is 37.7 Å². The summed E-state index contributed by atoms with van der Waals surface area (Å²) < 4.78 is 101. The summed E-state index contributed by atoms with van der Waals surface area (Å²) in [5.74, 6) is -2.23. The van der Waals surface area contributed by atoms with E-state index in [1.54, 1.807) is 0 Å². The Balaban J connectivity index is -0.000000432. The molecule has 0 saturated heterocycles. The molecule has 0 aromatic heterocycles. The molecule has 0 aliphatic carbocycles. The fourth-order valence-corrected chi connectivity index (χ4v) is 1.91. The standard InChI is InChI=1S/C5H11NO4S.C5H13NO3S.Ca/c1-5(7)6-3-2-4-11(8,9)10;1-2-6-4-3-5-10(7,8)9;/h2-4H2,1H3,(H,6,7)(H,8,9,10);6H,2-5H2,1H3,(H,7,8,9);/q;;+2/p-2/i2*1D3;. The van der Waals surface area contributed by atoms with Gasteiger partial charge in [-0.25, -0.2) is 16.8 Å². The van der Waals surface area contributed by atoms with E-state index in [1.165, 1.54) is 0 Å². The zero-order valence-electron chi connectivity index (χ0n) is 17.8. The molecule has 0 aliphatic heterocycles. The van der Waals surface area contributed by atoms with Crippen LogP contribution in [0.15, 0.2) is 0 Å². The van der Waals surface area contributed by atoms with Crippen LogP contribution in [0, 0.1) is 0 Å². The predicted molar refractivity (Wildman–Crippen MR) is 81.3 cm³/mol. The molecule has 0 atom stereocenters. The quantitative estimate of drug-likeness (QED) is 0.265. The van der Waals surface area contributed by atoms with E-state index in [1.807, 2.05) is 5.32 Å².